The number of benzene rings is 3. The molecule has 0 aliphatic heterocycles. The zero-order valence-electron chi connectivity index (χ0n) is 21.4. The third-order valence-corrected chi connectivity index (χ3v) is 8.53. The molecule has 0 saturated heterocycles. The summed E-state index contributed by atoms with van der Waals surface area (Å²) in [6.07, 6.45) is 0.338. The van der Waals surface area contributed by atoms with Crippen LogP contribution in [0.25, 0.3) is 0 Å². The second-order valence-corrected chi connectivity index (χ2v) is 11.0. The predicted octanol–water partition coefficient (Wildman–Crippen LogP) is 4.71. The van der Waals surface area contributed by atoms with E-state index in [9.17, 15) is 18.0 Å². The van der Waals surface area contributed by atoms with Gasteiger partial charge in [-0.1, -0.05) is 67.1 Å². The minimum absolute atomic E-state index is 0.0520. The van der Waals surface area contributed by atoms with E-state index in [-0.39, 0.29) is 17.3 Å². The molecule has 0 aliphatic rings. The van der Waals surface area contributed by atoms with E-state index < -0.39 is 28.5 Å². The van der Waals surface area contributed by atoms with E-state index in [1.54, 1.807) is 61.5 Å². The van der Waals surface area contributed by atoms with Gasteiger partial charge in [0, 0.05) is 18.6 Å². The van der Waals surface area contributed by atoms with Crippen LogP contribution in [0.15, 0.2) is 77.7 Å². The van der Waals surface area contributed by atoms with Gasteiger partial charge >= 0.3 is 0 Å². The molecule has 3 aromatic carbocycles. The van der Waals surface area contributed by atoms with Crippen molar-refractivity contribution in [2.75, 3.05) is 17.9 Å². The van der Waals surface area contributed by atoms with Gasteiger partial charge < -0.3 is 10.2 Å². The molecule has 0 saturated carbocycles. The number of hydrogen-bond donors (Lipinski definition) is 1. The van der Waals surface area contributed by atoms with E-state index >= 15 is 0 Å². The summed E-state index contributed by atoms with van der Waals surface area (Å²) < 4.78 is 28.8. The molecule has 1 atom stereocenters. The average Bonchev–Trinajstić information content (AvgIpc) is 2.90. The standard InChI is InChI=1S/C28H32ClN3O4S/c1-5-25(28(34)30-4)31(18-22-13-9-10-16-24(22)29)27(33)19-32(26-17-11-12-20(2)21(26)3)37(35,36)23-14-7-6-8-15-23/h6-17,25H,5,18-19H2,1-4H3,(H,30,34)/t25-/m1/s1. The Labute approximate surface area is 224 Å². The van der Waals surface area contributed by atoms with Crippen LogP contribution in [0.3, 0.4) is 0 Å². The number of rotatable bonds is 10. The number of anilines is 1. The van der Waals surface area contributed by atoms with Crippen LogP contribution in [-0.4, -0.2) is 44.8 Å². The summed E-state index contributed by atoms with van der Waals surface area (Å²) in [5, 5.41) is 3.07. The molecule has 0 unspecified atom stereocenters. The Morgan fingerprint density at radius 1 is 0.946 bits per heavy atom. The van der Waals surface area contributed by atoms with Crippen molar-refractivity contribution in [3.05, 3.63) is 94.5 Å². The number of sulfonamides is 1. The smallest absolute Gasteiger partial charge is 0.264 e. The summed E-state index contributed by atoms with van der Waals surface area (Å²) in [5.74, 6) is -0.858. The van der Waals surface area contributed by atoms with Crippen molar-refractivity contribution in [2.24, 2.45) is 0 Å². The average molecular weight is 542 g/mol. The molecule has 37 heavy (non-hydrogen) atoms. The molecule has 3 aromatic rings. The molecule has 0 radical (unpaired) electrons. The lowest BCUT2D eigenvalue weighted by atomic mass is 10.1. The highest BCUT2D eigenvalue weighted by Crippen LogP contribution is 2.29. The van der Waals surface area contributed by atoms with Crippen molar-refractivity contribution in [1.29, 1.82) is 0 Å². The zero-order chi connectivity index (χ0) is 27.2. The number of amides is 2. The summed E-state index contributed by atoms with van der Waals surface area (Å²) in [6, 6.07) is 19.6. The highest BCUT2D eigenvalue weighted by atomic mass is 35.5. The summed E-state index contributed by atoms with van der Waals surface area (Å²) in [6.45, 7) is 5.08. The van der Waals surface area contributed by atoms with Gasteiger partial charge in [0.15, 0.2) is 0 Å². The van der Waals surface area contributed by atoms with Crippen LogP contribution >= 0.6 is 11.6 Å². The molecule has 0 spiro atoms. The van der Waals surface area contributed by atoms with Gasteiger partial charge in [0.1, 0.15) is 12.6 Å². The third kappa shape index (κ3) is 6.32. The fourth-order valence-electron chi connectivity index (χ4n) is 4.14. The Balaban J connectivity index is 2.11. The molecular formula is C28H32ClN3O4S. The second kappa shape index (κ2) is 12.3. The zero-order valence-corrected chi connectivity index (χ0v) is 23.0. The lowest BCUT2D eigenvalue weighted by molar-refractivity contribution is -0.140. The van der Waals surface area contributed by atoms with E-state index in [1.165, 1.54) is 24.1 Å². The maximum Gasteiger partial charge on any atom is 0.264 e. The van der Waals surface area contributed by atoms with Crippen LogP contribution in [0.5, 0.6) is 0 Å². The molecule has 0 aromatic heterocycles. The molecule has 7 nitrogen and oxygen atoms in total. The predicted molar refractivity (Wildman–Crippen MR) is 147 cm³/mol. The van der Waals surface area contributed by atoms with Crippen LogP contribution in [-0.2, 0) is 26.2 Å². The van der Waals surface area contributed by atoms with E-state index in [0.29, 0.717) is 22.7 Å². The third-order valence-electron chi connectivity index (χ3n) is 6.39. The first-order valence-corrected chi connectivity index (χ1v) is 13.8. The maximum absolute atomic E-state index is 13.9. The van der Waals surface area contributed by atoms with E-state index in [4.69, 9.17) is 11.6 Å². The molecular weight excluding hydrogens is 510 g/mol. The van der Waals surface area contributed by atoms with Gasteiger partial charge in [-0.3, -0.25) is 13.9 Å². The van der Waals surface area contributed by atoms with Crippen molar-refractivity contribution in [2.45, 2.75) is 44.7 Å². The highest BCUT2D eigenvalue weighted by Gasteiger charge is 2.34. The lowest BCUT2D eigenvalue weighted by Gasteiger charge is -2.33. The summed E-state index contributed by atoms with van der Waals surface area (Å²) in [7, 11) is -2.60. The van der Waals surface area contributed by atoms with Crippen molar-refractivity contribution >= 4 is 39.1 Å². The Bertz CT molecular complexity index is 1360. The first-order valence-electron chi connectivity index (χ1n) is 12.0. The van der Waals surface area contributed by atoms with Crippen molar-refractivity contribution < 1.29 is 18.0 Å². The molecule has 0 bridgehead atoms. The minimum Gasteiger partial charge on any atom is -0.357 e. The highest BCUT2D eigenvalue weighted by molar-refractivity contribution is 7.92. The van der Waals surface area contributed by atoms with Gasteiger partial charge in [0.05, 0.1) is 10.6 Å². The molecule has 1 N–H and O–H groups in total. The van der Waals surface area contributed by atoms with Crippen molar-refractivity contribution in [1.82, 2.24) is 10.2 Å². The molecule has 196 valence electrons. The normalized spacial score (nSPS) is 12.0. The molecule has 9 heteroatoms. The fourth-order valence-corrected chi connectivity index (χ4v) is 5.82. The Kier molecular flexibility index (Phi) is 9.34. The Hall–Kier alpha value is -3.36. The number of carbonyl (C=O) groups excluding carboxylic acids is 2. The summed E-state index contributed by atoms with van der Waals surface area (Å²) in [5.41, 5.74) is 2.70. The first kappa shape index (κ1) is 28.2. The molecule has 2 amide bonds. The number of carbonyl (C=O) groups is 2. The van der Waals surface area contributed by atoms with Crippen molar-refractivity contribution in [3.8, 4) is 0 Å². The Morgan fingerprint density at radius 3 is 2.22 bits per heavy atom. The topological polar surface area (TPSA) is 86.8 Å². The quantitative estimate of drug-likeness (QED) is 0.403. The van der Waals surface area contributed by atoms with Gasteiger partial charge in [0.25, 0.3) is 10.0 Å². The van der Waals surface area contributed by atoms with Crippen LogP contribution < -0.4 is 9.62 Å². The summed E-state index contributed by atoms with van der Waals surface area (Å²) in [4.78, 5) is 28.2. The number of nitrogens with zero attached hydrogens (tertiary/aromatic N) is 2. The molecule has 3 rings (SSSR count). The molecule has 0 fully saturated rings. The monoisotopic (exact) mass is 541 g/mol. The second-order valence-electron chi connectivity index (χ2n) is 8.70. The Morgan fingerprint density at radius 2 is 1.59 bits per heavy atom. The summed E-state index contributed by atoms with van der Waals surface area (Å²) >= 11 is 6.38. The van der Waals surface area contributed by atoms with Gasteiger partial charge in [-0.15, -0.1) is 0 Å². The van der Waals surface area contributed by atoms with Crippen LogP contribution in [0, 0.1) is 13.8 Å². The van der Waals surface area contributed by atoms with E-state index in [2.05, 4.69) is 5.32 Å². The SMILES string of the molecule is CC[C@H](C(=O)NC)N(Cc1ccccc1Cl)C(=O)CN(c1cccc(C)c1C)S(=O)(=O)c1ccccc1. The lowest BCUT2D eigenvalue weighted by Crippen LogP contribution is -2.51. The van der Waals surface area contributed by atoms with Crippen LogP contribution in [0.4, 0.5) is 5.69 Å². The number of nitrogens with one attached hydrogen (secondary N) is 1. The fraction of sp³-hybridized carbons (Fsp3) is 0.286. The van der Waals surface area contributed by atoms with Gasteiger partial charge in [-0.2, -0.15) is 0 Å². The molecule has 0 aliphatic carbocycles. The van der Waals surface area contributed by atoms with E-state index in [0.717, 1.165) is 15.4 Å². The number of hydrogen-bond acceptors (Lipinski definition) is 4. The van der Waals surface area contributed by atoms with Gasteiger partial charge in [-0.25, -0.2) is 8.42 Å². The first-order chi connectivity index (χ1) is 17.6. The number of aryl methyl sites for hydroxylation is 1. The number of halogens is 1. The largest absolute Gasteiger partial charge is 0.357 e. The minimum atomic E-state index is -4.10. The maximum atomic E-state index is 13.9. The van der Waals surface area contributed by atoms with Crippen molar-refractivity contribution in [3.63, 3.8) is 0 Å². The van der Waals surface area contributed by atoms with Crippen LogP contribution in [0.2, 0.25) is 5.02 Å². The van der Waals surface area contributed by atoms with E-state index in [1.807, 2.05) is 19.9 Å². The molecule has 0 heterocycles. The van der Waals surface area contributed by atoms with Gasteiger partial charge in [0.2, 0.25) is 11.8 Å². The van der Waals surface area contributed by atoms with Crippen LogP contribution in [0.1, 0.15) is 30.0 Å². The van der Waals surface area contributed by atoms with Gasteiger partial charge in [-0.05, 0) is 61.2 Å². The number of likely N-dealkylation sites (N-methyl/N-ethyl adjacent to an activating group) is 1.